The van der Waals surface area contributed by atoms with E-state index in [-0.39, 0.29) is 30.5 Å². The van der Waals surface area contributed by atoms with Crippen molar-refractivity contribution in [1.82, 2.24) is 14.9 Å². The monoisotopic (exact) mass is 371 g/mol. The fraction of sp³-hybridized carbons (Fsp3) is 0.421. The van der Waals surface area contributed by atoms with Crippen LogP contribution in [0.25, 0.3) is 0 Å². The molecular weight excluding hydrogens is 350 g/mol. The zero-order valence-corrected chi connectivity index (χ0v) is 14.7. The first-order valence-corrected chi connectivity index (χ1v) is 9.02. The third-order valence-electron chi connectivity index (χ3n) is 5.22. The smallest absolute Gasteiger partial charge is 0.328 e. The molecule has 2 aromatic rings. The van der Waals surface area contributed by atoms with Crippen molar-refractivity contribution in [1.29, 1.82) is 0 Å². The molecule has 1 aromatic heterocycles. The van der Waals surface area contributed by atoms with Gasteiger partial charge >= 0.3 is 5.69 Å². The van der Waals surface area contributed by atoms with Gasteiger partial charge in [0, 0.05) is 18.7 Å². The molecule has 2 heterocycles. The Balaban J connectivity index is 1.53. The van der Waals surface area contributed by atoms with Crippen molar-refractivity contribution >= 4 is 5.91 Å². The largest absolute Gasteiger partial charge is 0.493 e. The van der Waals surface area contributed by atoms with Gasteiger partial charge in [0.15, 0.2) is 0 Å². The molecular formula is C19H21N3O5. The van der Waals surface area contributed by atoms with Crippen LogP contribution in [0, 0.1) is 5.92 Å². The second-order valence-corrected chi connectivity index (χ2v) is 7.13. The maximum absolute atomic E-state index is 12.5. The van der Waals surface area contributed by atoms with Crippen molar-refractivity contribution in [2.45, 2.75) is 38.0 Å². The van der Waals surface area contributed by atoms with Gasteiger partial charge in [0.2, 0.25) is 5.91 Å². The van der Waals surface area contributed by atoms with Gasteiger partial charge in [-0.1, -0.05) is 6.07 Å². The number of fused-ring (bicyclic) bond motifs is 1. The highest BCUT2D eigenvalue weighted by Crippen LogP contribution is 2.39. The quantitative estimate of drug-likeness (QED) is 0.690. The van der Waals surface area contributed by atoms with Crippen LogP contribution in [-0.2, 0) is 17.8 Å². The molecule has 0 unspecified atom stereocenters. The highest BCUT2D eigenvalue weighted by Gasteiger charge is 2.36. The minimum absolute atomic E-state index is 0.136. The maximum Gasteiger partial charge on any atom is 0.328 e. The summed E-state index contributed by atoms with van der Waals surface area (Å²) >= 11 is 0. The topological polar surface area (TPSA) is 113 Å². The lowest BCUT2D eigenvalue weighted by Gasteiger charge is -2.38. The number of carbonyl (C=O) groups is 1. The van der Waals surface area contributed by atoms with Crippen molar-refractivity contribution in [2.24, 2.45) is 5.92 Å². The van der Waals surface area contributed by atoms with Crippen molar-refractivity contribution in [3.63, 3.8) is 0 Å². The molecule has 1 aliphatic carbocycles. The van der Waals surface area contributed by atoms with Crippen LogP contribution in [0.4, 0.5) is 0 Å². The van der Waals surface area contributed by atoms with Crippen molar-refractivity contribution in [3.05, 3.63) is 62.4 Å². The van der Waals surface area contributed by atoms with Gasteiger partial charge < -0.3 is 15.2 Å². The number of nitrogens with zero attached hydrogens (tertiary/aromatic N) is 1. The molecule has 1 amide bonds. The predicted octanol–water partition coefficient (Wildman–Crippen LogP) is 0.0999. The summed E-state index contributed by atoms with van der Waals surface area (Å²) in [6.07, 6.45) is 3.04. The Kier molecular flexibility index (Phi) is 4.57. The molecule has 27 heavy (non-hydrogen) atoms. The number of ether oxygens (including phenoxy) is 1. The second kappa shape index (κ2) is 7.03. The average Bonchev–Trinajstić information content (AvgIpc) is 3.07. The van der Waals surface area contributed by atoms with E-state index in [1.165, 1.54) is 12.3 Å². The summed E-state index contributed by atoms with van der Waals surface area (Å²) in [6.45, 7) is 0.475. The summed E-state index contributed by atoms with van der Waals surface area (Å²) < 4.78 is 6.69. The number of nitrogens with one attached hydrogen (secondary N) is 2. The van der Waals surface area contributed by atoms with Crippen LogP contribution in [0.3, 0.4) is 0 Å². The highest BCUT2D eigenvalue weighted by atomic mass is 16.5. The molecule has 2 aliphatic rings. The molecule has 0 saturated heterocycles. The van der Waals surface area contributed by atoms with E-state index in [1.807, 2.05) is 18.2 Å². The molecule has 1 aromatic carbocycles. The number of aliphatic hydroxyl groups is 1. The number of aromatic nitrogens is 2. The van der Waals surface area contributed by atoms with Gasteiger partial charge in [-0.05, 0) is 42.0 Å². The lowest BCUT2D eigenvalue weighted by molar-refractivity contribution is -0.123. The minimum Gasteiger partial charge on any atom is -0.493 e. The van der Waals surface area contributed by atoms with E-state index in [0.717, 1.165) is 27.9 Å². The molecule has 8 heteroatoms. The molecule has 1 aliphatic heterocycles. The fourth-order valence-corrected chi connectivity index (χ4v) is 3.72. The Bertz CT molecular complexity index is 974. The molecule has 142 valence electrons. The molecule has 0 spiro atoms. The van der Waals surface area contributed by atoms with Crippen LogP contribution in [0.15, 0.2) is 40.1 Å². The third kappa shape index (κ3) is 3.66. The Morgan fingerprint density at radius 3 is 2.89 bits per heavy atom. The minimum atomic E-state index is -0.622. The summed E-state index contributed by atoms with van der Waals surface area (Å²) in [7, 11) is 0. The lowest BCUT2D eigenvalue weighted by atomic mass is 9.75. The van der Waals surface area contributed by atoms with E-state index >= 15 is 0 Å². The molecule has 1 fully saturated rings. The molecule has 0 bridgehead atoms. The molecule has 1 saturated carbocycles. The summed E-state index contributed by atoms with van der Waals surface area (Å²) in [5.41, 5.74) is 0.961. The first-order valence-electron chi connectivity index (χ1n) is 9.02. The van der Waals surface area contributed by atoms with Crippen LogP contribution in [-0.4, -0.2) is 33.3 Å². The van der Waals surface area contributed by atoms with Gasteiger partial charge in [-0.25, -0.2) is 4.79 Å². The van der Waals surface area contributed by atoms with Crippen LogP contribution in [0.5, 0.6) is 5.75 Å². The van der Waals surface area contributed by atoms with Crippen LogP contribution in [0.1, 0.15) is 30.0 Å². The number of H-pyrrole nitrogens is 1. The van der Waals surface area contributed by atoms with Crippen LogP contribution >= 0.6 is 0 Å². The van der Waals surface area contributed by atoms with E-state index in [1.54, 1.807) is 0 Å². The van der Waals surface area contributed by atoms with E-state index in [9.17, 15) is 19.5 Å². The maximum atomic E-state index is 12.5. The molecule has 4 rings (SSSR count). The van der Waals surface area contributed by atoms with Crippen LogP contribution in [0.2, 0.25) is 0 Å². The first-order chi connectivity index (χ1) is 13.0. The van der Waals surface area contributed by atoms with E-state index in [0.29, 0.717) is 19.4 Å². The van der Waals surface area contributed by atoms with Crippen LogP contribution < -0.4 is 21.3 Å². The summed E-state index contributed by atoms with van der Waals surface area (Å²) in [6, 6.07) is 6.86. The average molecular weight is 371 g/mol. The van der Waals surface area contributed by atoms with Crippen molar-refractivity contribution < 1.29 is 14.6 Å². The molecule has 0 radical (unpaired) electrons. The third-order valence-corrected chi connectivity index (χ3v) is 5.22. The number of aromatic amines is 1. The Morgan fingerprint density at radius 2 is 2.15 bits per heavy atom. The summed E-state index contributed by atoms with van der Waals surface area (Å²) in [5.74, 6) is 0.682. The molecule has 8 nitrogen and oxygen atoms in total. The number of amides is 1. The van der Waals surface area contributed by atoms with Gasteiger partial charge in [0.1, 0.15) is 12.3 Å². The number of aliphatic hydroxyl groups excluding tert-OH is 1. The predicted molar refractivity (Wildman–Crippen MR) is 96.6 cm³/mol. The summed E-state index contributed by atoms with van der Waals surface area (Å²) in [4.78, 5) is 37.6. The van der Waals surface area contributed by atoms with Gasteiger partial charge in [-0.15, -0.1) is 0 Å². The van der Waals surface area contributed by atoms with Gasteiger partial charge in [0.25, 0.3) is 5.56 Å². The number of benzene rings is 1. The lowest BCUT2D eigenvalue weighted by Crippen LogP contribution is -2.43. The number of rotatable bonds is 5. The number of carbonyl (C=O) groups excluding carboxylic acids is 1. The van der Waals surface area contributed by atoms with Gasteiger partial charge in [-0.3, -0.25) is 19.1 Å². The zero-order valence-electron chi connectivity index (χ0n) is 14.7. The Morgan fingerprint density at radius 1 is 1.33 bits per heavy atom. The van der Waals surface area contributed by atoms with Crippen molar-refractivity contribution in [3.8, 4) is 5.75 Å². The Labute approximate surface area is 154 Å². The number of hydrogen-bond donors (Lipinski definition) is 3. The summed E-state index contributed by atoms with van der Waals surface area (Å²) in [5, 5.41) is 12.7. The van der Waals surface area contributed by atoms with E-state index in [4.69, 9.17) is 4.74 Å². The van der Waals surface area contributed by atoms with E-state index < -0.39 is 11.2 Å². The highest BCUT2D eigenvalue weighted by molar-refractivity contribution is 5.76. The van der Waals surface area contributed by atoms with Gasteiger partial charge in [-0.2, -0.15) is 0 Å². The zero-order chi connectivity index (χ0) is 19.0. The SMILES string of the molecule is O=C(Cn1ccc(=O)[nH]c1=O)N[C@H](c1ccc2c(c1)CCO2)C1CC(O)C1. The number of hydrogen-bond acceptors (Lipinski definition) is 5. The second-order valence-electron chi connectivity index (χ2n) is 7.13. The molecule has 3 N–H and O–H groups in total. The Hall–Kier alpha value is -2.87. The normalized spacial score (nSPS) is 21.7. The first kappa shape index (κ1) is 17.5. The fourth-order valence-electron chi connectivity index (χ4n) is 3.72. The standard InChI is InChI=1S/C19H21N3O5/c23-14-8-13(9-14)18(12-1-2-15-11(7-12)4-6-27-15)20-17(25)10-22-5-3-16(24)21-19(22)26/h1-3,5,7,13-14,18,23H,4,6,8-10H2,(H,20,25)(H,21,24,26)/t13?,14?,18-/m1/s1. The van der Waals surface area contributed by atoms with Crippen molar-refractivity contribution in [2.75, 3.05) is 6.61 Å². The van der Waals surface area contributed by atoms with Gasteiger partial charge in [0.05, 0.1) is 18.8 Å². The van der Waals surface area contributed by atoms with E-state index in [2.05, 4.69) is 10.3 Å². The molecule has 1 atom stereocenters.